The Bertz CT molecular complexity index is 1060. The topological polar surface area (TPSA) is 169 Å². The van der Waals surface area contributed by atoms with Gasteiger partial charge in [-0.2, -0.15) is 0 Å². The Balaban J connectivity index is 2.33. The summed E-state index contributed by atoms with van der Waals surface area (Å²) in [5.74, 6) is -2.45. The van der Waals surface area contributed by atoms with Crippen molar-refractivity contribution in [3.05, 3.63) is 24.3 Å². The van der Waals surface area contributed by atoms with Gasteiger partial charge in [0.15, 0.2) is 18.5 Å². The maximum absolute atomic E-state index is 12.8. The van der Waals surface area contributed by atoms with Gasteiger partial charge in [-0.3, -0.25) is 9.59 Å². The highest BCUT2D eigenvalue weighted by Crippen LogP contribution is 2.23. The Labute approximate surface area is 351 Å². The van der Waals surface area contributed by atoms with Gasteiger partial charge >= 0.3 is 17.9 Å². The molecule has 11 nitrogen and oxygen atoms in total. The SMILES string of the molecule is CCC/C=C\C/C=C\CCCCCCCC(=O)OCC(COC1OC(C(=O)O)C(O)C(O)C1O)OC(=O)CCCCCCCCCCCCCCCCCCCCC. The van der Waals surface area contributed by atoms with E-state index in [9.17, 15) is 34.8 Å². The van der Waals surface area contributed by atoms with Crippen molar-refractivity contribution in [1.82, 2.24) is 0 Å². The minimum atomic E-state index is -1.86. The highest BCUT2D eigenvalue weighted by Gasteiger charge is 2.47. The van der Waals surface area contributed by atoms with Crippen molar-refractivity contribution < 1.29 is 53.8 Å². The first kappa shape index (κ1) is 53.7. The summed E-state index contributed by atoms with van der Waals surface area (Å²) in [6.07, 6.45) is 32.3. The molecule has 58 heavy (non-hydrogen) atoms. The van der Waals surface area contributed by atoms with Crippen LogP contribution in [0.4, 0.5) is 0 Å². The average Bonchev–Trinajstić information content (AvgIpc) is 3.21. The molecule has 0 bridgehead atoms. The van der Waals surface area contributed by atoms with Crippen molar-refractivity contribution in [2.75, 3.05) is 13.2 Å². The zero-order chi connectivity index (χ0) is 42.5. The predicted molar refractivity (Wildman–Crippen MR) is 229 cm³/mol. The normalized spacial score (nSPS) is 20.2. The lowest BCUT2D eigenvalue weighted by Crippen LogP contribution is -2.60. The third-order valence-corrected chi connectivity index (χ3v) is 10.8. The summed E-state index contributed by atoms with van der Waals surface area (Å²) in [4.78, 5) is 36.8. The molecule has 0 aliphatic carbocycles. The number of unbranched alkanes of at least 4 members (excludes halogenated alkanes) is 24. The van der Waals surface area contributed by atoms with Crippen LogP contribution in [0.2, 0.25) is 0 Å². The van der Waals surface area contributed by atoms with E-state index in [0.717, 1.165) is 64.2 Å². The molecule has 1 aliphatic heterocycles. The monoisotopic (exact) mass is 825 g/mol. The Morgan fingerprint density at radius 2 is 1.00 bits per heavy atom. The van der Waals surface area contributed by atoms with Gasteiger partial charge in [0.2, 0.25) is 0 Å². The minimum Gasteiger partial charge on any atom is -0.479 e. The molecule has 1 heterocycles. The fraction of sp³-hybridized carbons (Fsp3) is 0.851. The van der Waals surface area contributed by atoms with Crippen molar-refractivity contribution in [2.45, 2.75) is 243 Å². The van der Waals surface area contributed by atoms with Crippen LogP contribution in [-0.4, -0.2) is 88.4 Å². The number of ether oxygens (including phenoxy) is 4. The number of hydrogen-bond acceptors (Lipinski definition) is 10. The fourth-order valence-corrected chi connectivity index (χ4v) is 7.09. The van der Waals surface area contributed by atoms with E-state index in [4.69, 9.17) is 18.9 Å². The summed E-state index contributed by atoms with van der Waals surface area (Å²) in [7, 11) is 0. The van der Waals surface area contributed by atoms with Crippen molar-refractivity contribution >= 4 is 17.9 Å². The minimum absolute atomic E-state index is 0.184. The molecule has 0 amide bonds. The number of allylic oxidation sites excluding steroid dienone is 4. The molecule has 11 heteroatoms. The largest absolute Gasteiger partial charge is 0.479 e. The van der Waals surface area contributed by atoms with Crippen LogP contribution in [0, 0.1) is 0 Å². The van der Waals surface area contributed by atoms with Crippen molar-refractivity contribution in [3.8, 4) is 0 Å². The van der Waals surface area contributed by atoms with Crippen molar-refractivity contribution in [3.63, 3.8) is 0 Å². The van der Waals surface area contributed by atoms with Gasteiger partial charge in [-0.15, -0.1) is 0 Å². The van der Waals surface area contributed by atoms with Crippen LogP contribution in [-0.2, 0) is 33.3 Å². The number of carbonyl (C=O) groups is 3. The number of hydrogen-bond donors (Lipinski definition) is 4. The number of esters is 2. The molecule has 0 saturated carbocycles. The van der Waals surface area contributed by atoms with Crippen LogP contribution in [0.15, 0.2) is 24.3 Å². The van der Waals surface area contributed by atoms with Crippen molar-refractivity contribution in [1.29, 1.82) is 0 Å². The Hall–Kier alpha value is -2.31. The molecular weight excluding hydrogens is 741 g/mol. The van der Waals surface area contributed by atoms with Gasteiger partial charge in [-0.1, -0.05) is 179 Å². The van der Waals surface area contributed by atoms with Gasteiger partial charge in [-0.05, 0) is 38.5 Å². The maximum Gasteiger partial charge on any atom is 0.335 e. The van der Waals surface area contributed by atoms with Crippen molar-refractivity contribution in [2.24, 2.45) is 0 Å². The first-order chi connectivity index (χ1) is 28.2. The highest BCUT2D eigenvalue weighted by molar-refractivity contribution is 5.73. The molecule has 6 atom stereocenters. The molecule has 0 radical (unpaired) electrons. The van der Waals surface area contributed by atoms with Crippen LogP contribution >= 0.6 is 0 Å². The number of aliphatic hydroxyl groups excluding tert-OH is 3. The zero-order valence-corrected chi connectivity index (χ0v) is 36.5. The van der Waals surface area contributed by atoms with Gasteiger partial charge in [-0.25, -0.2) is 4.79 Å². The Kier molecular flexibility index (Phi) is 34.9. The molecule has 4 N–H and O–H groups in total. The maximum atomic E-state index is 12.8. The van der Waals surface area contributed by atoms with Gasteiger partial charge < -0.3 is 39.4 Å². The summed E-state index contributed by atoms with van der Waals surface area (Å²) in [5.41, 5.74) is 0. The van der Waals surface area contributed by atoms with E-state index in [-0.39, 0.29) is 19.4 Å². The number of aliphatic carboxylic acids is 1. The lowest BCUT2D eigenvalue weighted by Gasteiger charge is -2.38. The second kappa shape index (κ2) is 37.7. The van der Waals surface area contributed by atoms with Crippen LogP contribution in [0.25, 0.3) is 0 Å². The molecule has 6 unspecified atom stereocenters. The number of carboxylic acids is 1. The van der Waals surface area contributed by atoms with E-state index < -0.39 is 61.3 Å². The second-order valence-electron chi connectivity index (χ2n) is 16.3. The van der Waals surface area contributed by atoms with Crippen LogP contribution in [0.5, 0.6) is 0 Å². The molecule has 1 aliphatic rings. The smallest absolute Gasteiger partial charge is 0.335 e. The van der Waals surface area contributed by atoms with E-state index in [1.54, 1.807) is 0 Å². The molecule has 1 fully saturated rings. The molecule has 0 aromatic rings. The molecule has 338 valence electrons. The quantitative estimate of drug-likeness (QED) is 0.0264. The molecule has 0 spiro atoms. The lowest BCUT2D eigenvalue weighted by atomic mass is 9.99. The first-order valence-electron chi connectivity index (χ1n) is 23.4. The summed E-state index contributed by atoms with van der Waals surface area (Å²) in [6, 6.07) is 0. The first-order valence-corrected chi connectivity index (χ1v) is 23.4. The molecular formula is C47H84O11. The number of carbonyl (C=O) groups excluding carboxylic acids is 2. The standard InChI is InChI=1S/C47H84O11/c1-3-5-7-9-11-13-15-17-18-19-20-21-22-24-26-28-30-32-34-36-41(49)57-39(38-56-47-44(52)42(50)43(51)45(58-47)46(53)54)37-55-40(48)35-33-31-29-27-25-23-16-14-12-10-8-6-4-2/h8,10,14,16,39,42-45,47,50-52H,3-7,9,11-13,15,17-38H2,1-2H3,(H,53,54)/b10-8-,16-14-. The molecule has 0 aromatic carbocycles. The van der Waals surface area contributed by atoms with Gasteiger partial charge in [0, 0.05) is 12.8 Å². The summed E-state index contributed by atoms with van der Waals surface area (Å²) >= 11 is 0. The number of rotatable bonds is 39. The molecule has 0 aromatic heterocycles. The fourth-order valence-electron chi connectivity index (χ4n) is 7.09. The van der Waals surface area contributed by atoms with E-state index in [2.05, 4.69) is 38.2 Å². The average molecular weight is 825 g/mol. The third kappa shape index (κ3) is 29.0. The van der Waals surface area contributed by atoms with E-state index in [0.29, 0.717) is 12.8 Å². The third-order valence-electron chi connectivity index (χ3n) is 10.8. The Morgan fingerprint density at radius 1 is 0.534 bits per heavy atom. The zero-order valence-electron chi connectivity index (χ0n) is 36.5. The summed E-state index contributed by atoms with van der Waals surface area (Å²) < 4.78 is 21.7. The second-order valence-corrected chi connectivity index (χ2v) is 16.3. The Morgan fingerprint density at radius 3 is 1.50 bits per heavy atom. The van der Waals surface area contributed by atoms with Crippen LogP contribution in [0.1, 0.15) is 206 Å². The number of aliphatic hydroxyl groups is 3. The van der Waals surface area contributed by atoms with E-state index in [1.807, 2.05) is 0 Å². The van der Waals surface area contributed by atoms with Crippen LogP contribution < -0.4 is 0 Å². The summed E-state index contributed by atoms with van der Waals surface area (Å²) in [5, 5.41) is 39.8. The highest BCUT2D eigenvalue weighted by atomic mass is 16.7. The van der Waals surface area contributed by atoms with E-state index in [1.165, 1.54) is 103 Å². The van der Waals surface area contributed by atoms with Gasteiger partial charge in [0.1, 0.15) is 24.9 Å². The van der Waals surface area contributed by atoms with Crippen LogP contribution in [0.3, 0.4) is 0 Å². The number of carboxylic acid groups (broad SMARTS) is 1. The molecule has 1 saturated heterocycles. The summed E-state index contributed by atoms with van der Waals surface area (Å²) in [6.45, 7) is 3.75. The van der Waals surface area contributed by atoms with Gasteiger partial charge in [0.05, 0.1) is 6.61 Å². The molecule has 1 rings (SSSR count). The van der Waals surface area contributed by atoms with Gasteiger partial charge in [0.25, 0.3) is 0 Å². The lowest BCUT2D eigenvalue weighted by molar-refractivity contribution is -0.298. The van der Waals surface area contributed by atoms with E-state index >= 15 is 0 Å². The predicted octanol–water partition coefficient (Wildman–Crippen LogP) is 10.2.